The topological polar surface area (TPSA) is 61.2 Å². The average Bonchev–Trinajstić information content (AvgIpc) is 2.68. The van der Waals surface area contributed by atoms with Gasteiger partial charge in [0, 0.05) is 13.6 Å². The average molecular weight is 282 g/mol. The van der Waals surface area contributed by atoms with Gasteiger partial charge in [-0.2, -0.15) is 5.26 Å². The summed E-state index contributed by atoms with van der Waals surface area (Å²) in [4.78, 5) is 1.82. The Morgan fingerprint density at radius 2 is 2.26 bits per heavy atom. The van der Waals surface area contributed by atoms with Crippen molar-refractivity contribution in [2.75, 3.05) is 30.0 Å². The fourth-order valence-corrected chi connectivity index (χ4v) is 4.28. The first kappa shape index (κ1) is 13.8. The van der Waals surface area contributed by atoms with Crippen LogP contribution in [0.5, 0.6) is 0 Å². The first-order chi connectivity index (χ1) is 8.91. The van der Waals surface area contributed by atoms with E-state index in [0.717, 1.165) is 0 Å². The van der Waals surface area contributed by atoms with E-state index in [0.29, 0.717) is 18.7 Å². The molecule has 4 nitrogen and oxygen atoms in total. The highest BCUT2D eigenvalue weighted by molar-refractivity contribution is 7.91. The fourth-order valence-electron chi connectivity index (χ4n) is 2.43. The first-order valence-corrected chi connectivity index (χ1v) is 7.84. The molecule has 0 aromatic heterocycles. The maximum Gasteiger partial charge on any atom is 0.150 e. The number of sulfone groups is 1. The molecule has 0 N–H and O–H groups in total. The number of hydrogen-bond donors (Lipinski definition) is 0. The zero-order valence-electron chi connectivity index (χ0n) is 10.6. The Balaban J connectivity index is 2.13. The van der Waals surface area contributed by atoms with Crippen molar-refractivity contribution in [2.24, 2.45) is 5.92 Å². The molecule has 0 unspecified atom stereocenters. The van der Waals surface area contributed by atoms with Crippen LogP contribution in [0.1, 0.15) is 12.0 Å². The lowest BCUT2D eigenvalue weighted by Gasteiger charge is -2.23. The smallest absolute Gasteiger partial charge is 0.150 e. The molecular weight excluding hydrogens is 267 g/mol. The number of nitriles is 1. The maximum absolute atomic E-state index is 13.1. The van der Waals surface area contributed by atoms with E-state index >= 15 is 0 Å². The van der Waals surface area contributed by atoms with Crippen molar-refractivity contribution in [3.63, 3.8) is 0 Å². The van der Waals surface area contributed by atoms with E-state index in [2.05, 4.69) is 0 Å². The van der Waals surface area contributed by atoms with E-state index in [-0.39, 0.29) is 23.0 Å². The summed E-state index contributed by atoms with van der Waals surface area (Å²) >= 11 is 0. The summed E-state index contributed by atoms with van der Waals surface area (Å²) in [6.07, 6.45) is 0.649. The van der Waals surface area contributed by atoms with Gasteiger partial charge in [-0.05, 0) is 30.5 Å². The monoisotopic (exact) mass is 282 g/mol. The van der Waals surface area contributed by atoms with Crippen LogP contribution in [-0.4, -0.2) is 33.5 Å². The molecular formula is C13H15FN2O2S. The first-order valence-electron chi connectivity index (χ1n) is 6.02. The molecule has 102 valence electrons. The molecule has 1 heterocycles. The molecule has 1 aliphatic heterocycles. The quantitative estimate of drug-likeness (QED) is 0.844. The molecule has 1 atom stereocenters. The predicted molar refractivity (Wildman–Crippen MR) is 71.1 cm³/mol. The summed E-state index contributed by atoms with van der Waals surface area (Å²) in [5.41, 5.74) is 0.900. The number of nitrogens with zero attached hydrogens (tertiary/aromatic N) is 2. The fraction of sp³-hybridized carbons (Fsp3) is 0.462. The highest BCUT2D eigenvalue weighted by Crippen LogP contribution is 2.24. The maximum atomic E-state index is 13.1. The molecule has 1 aliphatic rings. The molecule has 1 fully saturated rings. The molecule has 19 heavy (non-hydrogen) atoms. The molecule has 0 aliphatic carbocycles. The minimum Gasteiger partial charge on any atom is -0.373 e. The number of benzene rings is 1. The van der Waals surface area contributed by atoms with Crippen LogP contribution in [0.15, 0.2) is 18.2 Å². The molecule has 0 saturated carbocycles. The Morgan fingerprint density at radius 3 is 2.84 bits per heavy atom. The summed E-state index contributed by atoms with van der Waals surface area (Å²) < 4.78 is 35.9. The Morgan fingerprint density at radius 1 is 1.53 bits per heavy atom. The van der Waals surface area contributed by atoms with Crippen molar-refractivity contribution in [2.45, 2.75) is 6.42 Å². The Hall–Kier alpha value is -1.61. The second-order valence-electron chi connectivity index (χ2n) is 4.92. The van der Waals surface area contributed by atoms with Gasteiger partial charge in [-0.25, -0.2) is 12.8 Å². The van der Waals surface area contributed by atoms with E-state index in [4.69, 9.17) is 5.26 Å². The van der Waals surface area contributed by atoms with Gasteiger partial charge in [0.1, 0.15) is 11.9 Å². The largest absolute Gasteiger partial charge is 0.373 e. The van der Waals surface area contributed by atoms with Crippen molar-refractivity contribution >= 4 is 15.5 Å². The van der Waals surface area contributed by atoms with E-state index in [1.807, 2.05) is 11.0 Å². The van der Waals surface area contributed by atoms with Gasteiger partial charge in [0.05, 0.1) is 22.8 Å². The van der Waals surface area contributed by atoms with E-state index < -0.39 is 15.7 Å². The van der Waals surface area contributed by atoms with Gasteiger partial charge in [0.25, 0.3) is 0 Å². The SMILES string of the molecule is CN(C[C@H]1CCS(=O)(=O)C1)c1ccc(F)cc1C#N. The summed E-state index contributed by atoms with van der Waals surface area (Å²) in [7, 11) is -1.11. The lowest BCUT2D eigenvalue weighted by Crippen LogP contribution is -2.26. The van der Waals surface area contributed by atoms with Crippen LogP contribution in [0.4, 0.5) is 10.1 Å². The van der Waals surface area contributed by atoms with Crippen LogP contribution >= 0.6 is 0 Å². The molecule has 1 saturated heterocycles. The number of hydrogen-bond acceptors (Lipinski definition) is 4. The van der Waals surface area contributed by atoms with Gasteiger partial charge in [-0.1, -0.05) is 0 Å². The molecule has 6 heteroatoms. The third-order valence-corrected chi connectivity index (χ3v) is 5.19. The highest BCUT2D eigenvalue weighted by Gasteiger charge is 2.28. The lowest BCUT2D eigenvalue weighted by atomic mass is 10.1. The summed E-state index contributed by atoms with van der Waals surface area (Å²) in [6.45, 7) is 0.555. The van der Waals surface area contributed by atoms with Gasteiger partial charge < -0.3 is 4.90 Å². The van der Waals surface area contributed by atoms with Crippen LogP contribution < -0.4 is 4.90 Å². The van der Waals surface area contributed by atoms with Crippen LogP contribution in [0.2, 0.25) is 0 Å². The minimum absolute atomic E-state index is 0.0756. The Kier molecular flexibility index (Phi) is 3.76. The molecule has 1 aromatic rings. The number of rotatable bonds is 3. The Bertz CT molecular complexity index is 622. The standard InChI is InChI=1S/C13H15FN2O2S/c1-16(8-10-4-5-19(17,18)9-10)13-3-2-12(14)6-11(13)7-15/h2-3,6,10H,4-5,8-9H2,1H3/t10-/m1/s1. The summed E-state index contributed by atoms with van der Waals surface area (Å²) in [5, 5.41) is 9.00. The zero-order chi connectivity index (χ0) is 14.0. The van der Waals surface area contributed by atoms with Crippen molar-refractivity contribution in [3.8, 4) is 6.07 Å². The van der Waals surface area contributed by atoms with Gasteiger partial charge >= 0.3 is 0 Å². The van der Waals surface area contributed by atoms with Crippen LogP contribution in [0, 0.1) is 23.1 Å². The van der Waals surface area contributed by atoms with Crippen LogP contribution in [0.3, 0.4) is 0 Å². The third kappa shape index (κ3) is 3.24. The predicted octanol–water partition coefficient (Wildman–Crippen LogP) is 1.57. The second kappa shape index (κ2) is 5.17. The van der Waals surface area contributed by atoms with Crippen molar-refractivity contribution in [1.29, 1.82) is 5.26 Å². The second-order valence-corrected chi connectivity index (χ2v) is 7.15. The molecule has 0 radical (unpaired) electrons. The molecule has 0 spiro atoms. The van der Waals surface area contributed by atoms with Gasteiger partial charge in [-0.15, -0.1) is 0 Å². The summed E-state index contributed by atoms with van der Waals surface area (Å²) in [5.74, 6) is 0.0595. The number of anilines is 1. The van der Waals surface area contributed by atoms with E-state index in [9.17, 15) is 12.8 Å². The van der Waals surface area contributed by atoms with Crippen molar-refractivity contribution < 1.29 is 12.8 Å². The molecule has 1 aromatic carbocycles. The third-order valence-electron chi connectivity index (χ3n) is 3.35. The number of halogens is 1. The molecule has 0 bridgehead atoms. The summed E-state index contributed by atoms with van der Waals surface area (Å²) in [6, 6.07) is 6.01. The Labute approximate surface area is 112 Å². The van der Waals surface area contributed by atoms with Crippen LogP contribution in [0.25, 0.3) is 0 Å². The van der Waals surface area contributed by atoms with Gasteiger partial charge in [-0.3, -0.25) is 0 Å². The highest BCUT2D eigenvalue weighted by atomic mass is 32.2. The molecule has 2 rings (SSSR count). The van der Waals surface area contributed by atoms with Gasteiger partial charge in [0.15, 0.2) is 9.84 Å². The minimum atomic E-state index is -2.90. The van der Waals surface area contributed by atoms with E-state index in [1.54, 1.807) is 13.1 Å². The van der Waals surface area contributed by atoms with E-state index in [1.165, 1.54) is 12.1 Å². The molecule has 0 amide bonds. The normalized spacial score (nSPS) is 21.0. The van der Waals surface area contributed by atoms with Crippen molar-refractivity contribution in [1.82, 2.24) is 0 Å². The van der Waals surface area contributed by atoms with Crippen LogP contribution in [-0.2, 0) is 9.84 Å². The zero-order valence-corrected chi connectivity index (χ0v) is 11.5. The van der Waals surface area contributed by atoms with Gasteiger partial charge in [0.2, 0.25) is 0 Å². The lowest BCUT2D eigenvalue weighted by molar-refractivity contribution is 0.581. The van der Waals surface area contributed by atoms with Crippen molar-refractivity contribution in [3.05, 3.63) is 29.6 Å².